The molecule has 1 aromatic heterocycles. The molecule has 0 amide bonds. The number of benzene rings is 1. The average Bonchev–Trinajstić information content (AvgIpc) is 3.28. The van der Waals surface area contributed by atoms with E-state index in [2.05, 4.69) is 52.3 Å². The molecular weight excluding hydrogens is 322 g/mol. The number of hydrogen-bond acceptors (Lipinski definition) is 3. The molecule has 4 nitrogen and oxygen atoms in total. The zero-order valence-corrected chi connectivity index (χ0v) is 15.7. The van der Waals surface area contributed by atoms with E-state index in [1.54, 1.807) is 0 Å². The smallest absolute Gasteiger partial charge is 0.0923 e. The van der Waals surface area contributed by atoms with Crippen molar-refractivity contribution in [2.24, 2.45) is 0 Å². The summed E-state index contributed by atoms with van der Waals surface area (Å²) in [6.45, 7) is 4.36. The molecule has 2 saturated heterocycles. The van der Waals surface area contributed by atoms with Crippen LogP contribution >= 0.6 is 0 Å². The van der Waals surface area contributed by atoms with Crippen LogP contribution in [-0.4, -0.2) is 59.2 Å². The molecule has 0 saturated carbocycles. The predicted molar refractivity (Wildman–Crippen MR) is 106 cm³/mol. The number of nitrogens with one attached hydrogen (secondary N) is 1. The molecule has 2 fully saturated rings. The van der Waals surface area contributed by atoms with Crippen LogP contribution in [0, 0.1) is 0 Å². The second-order valence-electron chi connectivity index (χ2n) is 8.52. The molecule has 0 aliphatic carbocycles. The number of hydrogen-bond donors (Lipinski definition) is 2. The minimum absolute atomic E-state index is 0.562. The van der Waals surface area contributed by atoms with E-state index in [4.69, 9.17) is 0 Å². The third-order valence-corrected chi connectivity index (χ3v) is 6.86. The maximum Gasteiger partial charge on any atom is 0.0923 e. The summed E-state index contributed by atoms with van der Waals surface area (Å²) in [7, 11) is 2.17. The van der Waals surface area contributed by atoms with Crippen molar-refractivity contribution in [2.75, 3.05) is 33.2 Å². The van der Waals surface area contributed by atoms with E-state index in [9.17, 15) is 5.11 Å². The Hall–Kier alpha value is -1.62. The number of aliphatic hydroxyl groups is 1. The van der Waals surface area contributed by atoms with Crippen LogP contribution < -0.4 is 0 Å². The van der Waals surface area contributed by atoms with Gasteiger partial charge in [0.1, 0.15) is 0 Å². The van der Waals surface area contributed by atoms with Gasteiger partial charge in [-0.15, -0.1) is 0 Å². The first-order chi connectivity index (χ1) is 12.6. The third kappa shape index (κ3) is 2.72. The predicted octanol–water partition coefficient (Wildman–Crippen LogP) is 3.33. The quantitative estimate of drug-likeness (QED) is 0.872. The Balaban J connectivity index is 1.50. The Labute approximate surface area is 155 Å². The molecule has 0 bridgehead atoms. The second kappa shape index (κ2) is 6.22. The van der Waals surface area contributed by atoms with Crippen LogP contribution in [0.1, 0.15) is 43.2 Å². The number of aromatic amines is 1. The summed E-state index contributed by atoms with van der Waals surface area (Å²) in [5, 5.41) is 12.7. The van der Waals surface area contributed by atoms with Gasteiger partial charge in [0.15, 0.2) is 0 Å². The number of aromatic nitrogens is 1. The van der Waals surface area contributed by atoms with Gasteiger partial charge in [-0.3, -0.25) is 0 Å². The Morgan fingerprint density at radius 1 is 1.23 bits per heavy atom. The fraction of sp³-hybridized carbons (Fsp3) is 0.545. The largest absolute Gasteiger partial charge is 0.385 e. The maximum atomic E-state index is 11.5. The van der Waals surface area contributed by atoms with Gasteiger partial charge in [-0.2, -0.15) is 0 Å². The van der Waals surface area contributed by atoms with Crippen LogP contribution in [-0.2, 0) is 5.60 Å². The molecule has 2 unspecified atom stereocenters. The second-order valence-corrected chi connectivity index (χ2v) is 8.52. The molecule has 138 valence electrons. The van der Waals surface area contributed by atoms with Crippen molar-refractivity contribution in [1.82, 2.24) is 14.8 Å². The molecule has 2 N–H and O–H groups in total. The molecule has 0 radical (unpaired) electrons. The first kappa shape index (κ1) is 16.5. The minimum Gasteiger partial charge on any atom is -0.385 e. The molecule has 1 aromatic carbocycles. The molecule has 3 aliphatic rings. The van der Waals surface area contributed by atoms with Gasteiger partial charge in [-0.25, -0.2) is 0 Å². The van der Waals surface area contributed by atoms with Crippen LogP contribution in [0.5, 0.6) is 0 Å². The maximum absolute atomic E-state index is 11.5. The molecule has 5 rings (SSSR count). The molecule has 26 heavy (non-hydrogen) atoms. The average molecular weight is 351 g/mol. The highest BCUT2D eigenvalue weighted by atomic mass is 16.3. The SMILES string of the molecule is CN1CC=C(c2c[nH]c3ccc(C4(O)CCN5CCCC5C4)cc23)CC1. The molecule has 0 spiro atoms. The van der Waals surface area contributed by atoms with Gasteiger partial charge in [0.25, 0.3) is 0 Å². The first-order valence-electron chi connectivity index (χ1n) is 10.1. The highest BCUT2D eigenvalue weighted by molar-refractivity contribution is 5.93. The Morgan fingerprint density at radius 2 is 2.15 bits per heavy atom. The van der Waals surface area contributed by atoms with Gasteiger partial charge in [-0.1, -0.05) is 12.1 Å². The molecular formula is C22H29N3O. The van der Waals surface area contributed by atoms with E-state index >= 15 is 0 Å². The van der Waals surface area contributed by atoms with Crippen molar-refractivity contribution >= 4 is 16.5 Å². The Morgan fingerprint density at radius 3 is 3.00 bits per heavy atom. The van der Waals surface area contributed by atoms with Crippen LogP contribution in [0.15, 0.2) is 30.5 Å². The lowest BCUT2D eigenvalue weighted by Crippen LogP contribution is -2.45. The summed E-state index contributed by atoms with van der Waals surface area (Å²) >= 11 is 0. The van der Waals surface area contributed by atoms with E-state index in [0.29, 0.717) is 6.04 Å². The van der Waals surface area contributed by atoms with Crippen molar-refractivity contribution in [3.63, 3.8) is 0 Å². The summed E-state index contributed by atoms with van der Waals surface area (Å²) in [4.78, 5) is 8.35. The lowest BCUT2D eigenvalue weighted by molar-refractivity contribution is -0.0408. The van der Waals surface area contributed by atoms with Crippen LogP contribution in [0.25, 0.3) is 16.5 Å². The third-order valence-electron chi connectivity index (χ3n) is 6.86. The first-order valence-corrected chi connectivity index (χ1v) is 10.1. The Bertz CT molecular complexity index is 854. The topological polar surface area (TPSA) is 42.5 Å². The molecule has 2 aromatic rings. The van der Waals surface area contributed by atoms with Gasteiger partial charge < -0.3 is 19.9 Å². The van der Waals surface area contributed by atoms with Gasteiger partial charge in [0, 0.05) is 48.3 Å². The Kier molecular flexibility index (Phi) is 3.96. The highest BCUT2D eigenvalue weighted by Crippen LogP contribution is 2.41. The summed E-state index contributed by atoms with van der Waals surface area (Å²) < 4.78 is 0. The van der Waals surface area contributed by atoms with Crippen LogP contribution in [0.4, 0.5) is 0 Å². The number of likely N-dealkylation sites (N-methyl/N-ethyl adjacent to an activating group) is 1. The van der Waals surface area contributed by atoms with E-state index in [1.807, 2.05) is 0 Å². The monoisotopic (exact) mass is 351 g/mol. The number of piperidine rings is 1. The van der Waals surface area contributed by atoms with E-state index in [1.165, 1.54) is 41.4 Å². The van der Waals surface area contributed by atoms with Crippen LogP contribution in [0.3, 0.4) is 0 Å². The lowest BCUT2D eigenvalue weighted by Gasteiger charge is -2.41. The fourth-order valence-electron chi connectivity index (χ4n) is 5.19. The van der Waals surface area contributed by atoms with Gasteiger partial charge in [-0.05, 0) is 69.0 Å². The lowest BCUT2D eigenvalue weighted by atomic mass is 9.80. The molecule has 2 atom stereocenters. The molecule has 4 heterocycles. The summed E-state index contributed by atoms with van der Waals surface area (Å²) in [6, 6.07) is 7.11. The van der Waals surface area contributed by atoms with Crippen molar-refractivity contribution in [2.45, 2.75) is 43.7 Å². The zero-order valence-electron chi connectivity index (χ0n) is 15.7. The van der Waals surface area contributed by atoms with E-state index in [-0.39, 0.29) is 0 Å². The minimum atomic E-state index is -0.671. The van der Waals surface area contributed by atoms with Crippen molar-refractivity contribution in [3.8, 4) is 0 Å². The zero-order chi connectivity index (χ0) is 17.7. The van der Waals surface area contributed by atoms with Crippen molar-refractivity contribution in [1.29, 1.82) is 0 Å². The number of fused-ring (bicyclic) bond motifs is 2. The van der Waals surface area contributed by atoms with Crippen molar-refractivity contribution in [3.05, 3.63) is 41.6 Å². The number of rotatable bonds is 2. The van der Waals surface area contributed by atoms with Gasteiger partial charge in [0.2, 0.25) is 0 Å². The fourth-order valence-corrected chi connectivity index (χ4v) is 5.19. The molecule has 4 heteroatoms. The van der Waals surface area contributed by atoms with Crippen molar-refractivity contribution < 1.29 is 5.11 Å². The number of nitrogens with zero attached hydrogens (tertiary/aromatic N) is 2. The molecule has 3 aliphatic heterocycles. The normalized spacial score (nSPS) is 30.5. The van der Waals surface area contributed by atoms with Crippen LogP contribution in [0.2, 0.25) is 0 Å². The van der Waals surface area contributed by atoms with E-state index in [0.717, 1.165) is 44.5 Å². The standard InChI is InChI=1S/C22H29N3O/c1-24-10-6-16(7-11-24)20-15-23-21-5-4-17(13-19(20)21)22(26)8-12-25-9-2-3-18(25)14-22/h4-6,13,15,18,23,26H,2-3,7-12,14H2,1H3. The van der Waals surface area contributed by atoms with Gasteiger partial charge in [0.05, 0.1) is 5.60 Å². The summed E-state index contributed by atoms with van der Waals surface area (Å²) in [5.41, 5.74) is 4.35. The summed E-state index contributed by atoms with van der Waals surface area (Å²) in [5.74, 6) is 0. The summed E-state index contributed by atoms with van der Waals surface area (Å²) in [6.07, 6.45) is 9.84. The highest BCUT2D eigenvalue weighted by Gasteiger charge is 2.41. The van der Waals surface area contributed by atoms with Gasteiger partial charge >= 0.3 is 0 Å². The van der Waals surface area contributed by atoms with E-state index < -0.39 is 5.60 Å². The number of H-pyrrole nitrogens is 1.